The molecule has 1 amide bonds. The fourth-order valence-corrected chi connectivity index (χ4v) is 4.47. The van der Waals surface area contributed by atoms with Crippen molar-refractivity contribution in [3.05, 3.63) is 51.9 Å². The van der Waals surface area contributed by atoms with Gasteiger partial charge in [0.1, 0.15) is 11.0 Å². The Kier molecular flexibility index (Phi) is 4.43. The Morgan fingerprint density at radius 1 is 1.00 bits per heavy atom. The van der Waals surface area contributed by atoms with E-state index in [9.17, 15) is 9.59 Å². The minimum atomic E-state index is -0.0793. The number of rotatable bonds is 4. The standard InChI is InChI=1S/C20H21N5O2S/c26-19-10-9-16(12-1-2-12)22-25(19)15-6-4-14(5-7-15)21-20(27)13-3-8-17-18(11-13)24-28-23-17/h3,8-12,14-15H,1-2,4-7H2,(H,21,27). The van der Waals surface area contributed by atoms with Crippen LogP contribution in [-0.2, 0) is 0 Å². The first-order chi connectivity index (χ1) is 13.7. The molecule has 7 nitrogen and oxygen atoms in total. The molecule has 0 unspecified atom stereocenters. The lowest BCUT2D eigenvalue weighted by atomic mass is 9.91. The van der Waals surface area contributed by atoms with Gasteiger partial charge in [0.15, 0.2) is 0 Å². The van der Waals surface area contributed by atoms with Crippen LogP contribution in [0.15, 0.2) is 35.1 Å². The predicted molar refractivity (Wildman–Crippen MR) is 107 cm³/mol. The third kappa shape index (κ3) is 3.44. The summed E-state index contributed by atoms with van der Waals surface area (Å²) in [5.74, 6) is 0.456. The van der Waals surface area contributed by atoms with Gasteiger partial charge in [-0.3, -0.25) is 9.59 Å². The number of carbonyl (C=O) groups excluding carboxylic acids is 1. The molecule has 0 saturated heterocycles. The Morgan fingerprint density at radius 3 is 2.57 bits per heavy atom. The highest BCUT2D eigenvalue weighted by Crippen LogP contribution is 2.38. The maximum Gasteiger partial charge on any atom is 0.267 e. The zero-order chi connectivity index (χ0) is 19.1. The smallest absolute Gasteiger partial charge is 0.267 e. The summed E-state index contributed by atoms with van der Waals surface area (Å²) in [5.41, 5.74) is 3.19. The Labute approximate surface area is 166 Å². The zero-order valence-corrected chi connectivity index (χ0v) is 16.2. The third-order valence-corrected chi connectivity index (χ3v) is 6.29. The average molecular weight is 395 g/mol. The molecular weight excluding hydrogens is 374 g/mol. The van der Waals surface area contributed by atoms with Gasteiger partial charge >= 0.3 is 0 Å². The summed E-state index contributed by atoms with van der Waals surface area (Å²) in [6.45, 7) is 0. The molecular formula is C20H21N5O2S. The van der Waals surface area contributed by atoms with Crippen molar-refractivity contribution in [2.45, 2.75) is 56.5 Å². The van der Waals surface area contributed by atoms with Crippen molar-refractivity contribution in [3.63, 3.8) is 0 Å². The van der Waals surface area contributed by atoms with Gasteiger partial charge in [0.2, 0.25) is 0 Å². The molecule has 8 heteroatoms. The van der Waals surface area contributed by atoms with Crippen LogP contribution < -0.4 is 10.9 Å². The van der Waals surface area contributed by atoms with E-state index in [-0.39, 0.29) is 23.6 Å². The summed E-state index contributed by atoms with van der Waals surface area (Å²) >= 11 is 1.15. The number of fused-ring (bicyclic) bond motifs is 1. The van der Waals surface area contributed by atoms with Gasteiger partial charge in [-0.15, -0.1) is 0 Å². The first-order valence-electron chi connectivity index (χ1n) is 9.80. The third-order valence-electron chi connectivity index (χ3n) is 5.74. The van der Waals surface area contributed by atoms with Crippen molar-refractivity contribution >= 4 is 28.7 Å². The van der Waals surface area contributed by atoms with Crippen LogP contribution in [0.5, 0.6) is 0 Å². The molecule has 1 aromatic carbocycles. The van der Waals surface area contributed by atoms with Gasteiger partial charge in [-0.1, -0.05) is 0 Å². The summed E-state index contributed by atoms with van der Waals surface area (Å²) in [5, 5.41) is 7.75. The minimum absolute atomic E-state index is 0.0259. The molecule has 28 heavy (non-hydrogen) atoms. The van der Waals surface area contributed by atoms with Gasteiger partial charge in [-0.25, -0.2) is 4.68 Å². The van der Waals surface area contributed by atoms with Crippen LogP contribution in [0, 0.1) is 0 Å². The number of aromatic nitrogens is 4. The summed E-state index contributed by atoms with van der Waals surface area (Å²) in [4.78, 5) is 24.9. The van der Waals surface area contributed by atoms with Gasteiger partial charge in [0.05, 0.1) is 23.5 Å². The lowest BCUT2D eigenvalue weighted by molar-refractivity contribution is 0.0921. The molecule has 144 valence electrons. The molecule has 2 heterocycles. The quantitative estimate of drug-likeness (QED) is 0.733. The molecule has 5 rings (SSSR count). The molecule has 3 aromatic rings. The maximum absolute atomic E-state index is 12.6. The van der Waals surface area contributed by atoms with E-state index in [1.807, 2.05) is 12.1 Å². The van der Waals surface area contributed by atoms with Crippen LogP contribution in [0.3, 0.4) is 0 Å². The molecule has 0 atom stereocenters. The predicted octanol–water partition coefficient (Wildman–Crippen LogP) is 3.04. The number of hydrogen-bond donors (Lipinski definition) is 1. The molecule has 1 N–H and O–H groups in total. The van der Waals surface area contributed by atoms with E-state index in [1.165, 1.54) is 12.8 Å². The minimum Gasteiger partial charge on any atom is -0.349 e. The molecule has 2 aliphatic rings. The fraction of sp³-hybridized carbons (Fsp3) is 0.450. The Bertz CT molecular complexity index is 1080. The number of hydrogen-bond acceptors (Lipinski definition) is 6. The Balaban J connectivity index is 1.23. The molecule has 2 saturated carbocycles. The molecule has 2 aromatic heterocycles. The van der Waals surface area contributed by atoms with Crippen molar-refractivity contribution in [2.75, 3.05) is 0 Å². The first-order valence-corrected chi connectivity index (χ1v) is 10.5. The van der Waals surface area contributed by atoms with Crippen LogP contribution in [0.25, 0.3) is 11.0 Å². The monoisotopic (exact) mass is 395 g/mol. The molecule has 2 aliphatic carbocycles. The number of amides is 1. The van der Waals surface area contributed by atoms with Crippen molar-refractivity contribution < 1.29 is 4.79 Å². The second-order valence-electron chi connectivity index (χ2n) is 7.76. The summed E-state index contributed by atoms with van der Waals surface area (Å²) in [7, 11) is 0. The SMILES string of the molecule is O=C(NC1CCC(n2nc(C3CC3)ccc2=O)CC1)c1ccc2nsnc2c1. The maximum atomic E-state index is 12.6. The van der Waals surface area contributed by atoms with Gasteiger partial charge in [0.25, 0.3) is 11.5 Å². The number of nitrogens with zero attached hydrogens (tertiary/aromatic N) is 4. The lowest BCUT2D eigenvalue weighted by Crippen LogP contribution is -2.39. The van der Waals surface area contributed by atoms with Gasteiger partial charge in [-0.05, 0) is 62.8 Å². The van der Waals surface area contributed by atoms with Gasteiger partial charge < -0.3 is 5.32 Å². The topological polar surface area (TPSA) is 89.8 Å². The van der Waals surface area contributed by atoms with Crippen molar-refractivity contribution in [1.29, 1.82) is 0 Å². The van der Waals surface area contributed by atoms with E-state index in [0.717, 1.165) is 54.1 Å². The molecule has 0 bridgehead atoms. The highest BCUT2D eigenvalue weighted by Gasteiger charge is 2.28. The first kappa shape index (κ1) is 17.5. The molecule has 0 aliphatic heterocycles. The van der Waals surface area contributed by atoms with Gasteiger partial charge in [0, 0.05) is 23.6 Å². The van der Waals surface area contributed by atoms with Gasteiger partial charge in [-0.2, -0.15) is 13.8 Å². The largest absolute Gasteiger partial charge is 0.349 e. The van der Waals surface area contributed by atoms with Crippen LogP contribution in [0.1, 0.15) is 66.5 Å². The van der Waals surface area contributed by atoms with E-state index in [4.69, 9.17) is 0 Å². The Morgan fingerprint density at radius 2 is 1.79 bits per heavy atom. The van der Waals surface area contributed by atoms with Crippen LogP contribution >= 0.6 is 11.7 Å². The summed E-state index contributed by atoms with van der Waals surface area (Å²) < 4.78 is 10.0. The number of nitrogens with one attached hydrogen (secondary N) is 1. The van der Waals surface area contributed by atoms with Crippen molar-refractivity contribution in [3.8, 4) is 0 Å². The van der Waals surface area contributed by atoms with Crippen molar-refractivity contribution in [2.24, 2.45) is 0 Å². The summed E-state index contributed by atoms with van der Waals surface area (Å²) in [6, 6.07) is 9.17. The highest BCUT2D eigenvalue weighted by atomic mass is 32.1. The number of carbonyl (C=O) groups is 1. The lowest BCUT2D eigenvalue weighted by Gasteiger charge is -2.29. The normalized spacial score (nSPS) is 22.3. The van der Waals surface area contributed by atoms with Crippen LogP contribution in [-0.4, -0.2) is 30.5 Å². The average Bonchev–Trinajstić information content (AvgIpc) is 3.46. The van der Waals surface area contributed by atoms with Crippen LogP contribution in [0.2, 0.25) is 0 Å². The second kappa shape index (κ2) is 7.09. The van der Waals surface area contributed by atoms with E-state index in [2.05, 4.69) is 19.2 Å². The molecule has 0 spiro atoms. The van der Waals surface area contributed by atoms with E-state index in [1.54, 1.807) is 22.9 Å². The zero-order valence-electron chi connectivity index (χ0n) is 15.4. The van der Waals surface area contributed by atoms with E-state index >= 15 is 0 Å². The summed E-state index contributed by atoms with van der Waals surface area (Å²) in [6.07, 6.45) is 5.73. The van der Waals surface area contributed by atoms with Crippen molar-refractivity contribution in [1.82, 2.24) is 23.8 Å². The van der Waals surface area contributed by atoms with Crippen LogP contribution in [0.4, 0.5) is 0 Å². The molecule has 0 radical (unpaired) electrons. The Hall–Kier alpha value is -2.61. The second-order valence-corrected chi connectivity index (χ2v) is 8.29. The highest BCUT2D eigenvalue weighted by molar-refractivity contribution is 7.00. The van der Waals surface area contributed by atoms with E-state index < -0.39 is 0 Å². The molecule has 2 fully saturated rings. The number of benzene rings is 1. The van der Waals surface area contributed by atoms with E-state index in [0.29, 0.717) is 11.5 Å². The fourth-order valence-electron chi connectivity index (χ4n) is 3.96.